The van der Waals surface area contributed by atoms with Crippen LogP contribution in [0.5, 0.6) is 0 Å². The summed E-state index contributed by atoms with van der Waals surface area (Å²) < 4.78 is 2.10. The van der Waals surface area contributed by atoms with E-state index in [-0.39, 0.29) is 0 Å². The molecule has 0 amide bonds. The lowest BCUT2D eigenvalue weighted by Gasteiger charge is -2.05. The molecule has 0 bridgehead atoms. The maximum atomic E-state index is 9.43. The van der Waals surface area contributed by atoms with E-state index in [1.165, 1.54) is 6.42 Å². The van der Waals surface area contributed by atoms with Gasteiger partial charge in [0.05, 0.1) is 5.57 Å². The molecule has 1 aromatic carbocycles. The average Bonchev–Trinajstić information content (AvgIpc) is 2.81. The first-order chi connectivity index (χ1) is 10.9. The molecule has 0 aliphatic carbocycles. The van der Waals surface area contributed by atoms with Crippen molar-refractivity contribution >= 4 is 11.6 Å². The lowest BCUT2D eigenvalue weighted by atomic mass is 10.2. The first kappa shape index (κ1) is 14.3. The number of aryl methyl sites for hydroxylation is 1. The topological polar surface area (TPSA) is 54.5 Å². The number of hydrogen-bond donors (Lipinski definition) is 0. The van der Waals surface area contributed by atoms with Crippen LogP contribution in [0.1, 0.15) is 36.5 Å². The summed E-state index contributed by atoms with van der Waals surface area (Å²) in [5, 5.41) is 17.9. The van der Waals surface area contributed by atoms with Crippen molar-refractivity contribution in [3.05, 3.63) is 59.7 Å². The Bertz CT molecular complexity index is 732. The summed E-state index contributed by atoms with van der Waals surface area (Å²) in [5.74, 6) is 1.69. The number of fused-ring (bicyclic) bond motifs is 1. The van der Waals surface area contributed by atoms with Crippen LogP contribution in [0, 0.1) is 11.3 Å². The lowest BCUT2D eigenvalue weighted by Crippen LogP contribution is -2.05. The molecule has 4 heteroatoms. The van der Waals surface area contributed by atoms with Crippen molar-refractivity contribution in [2.45, 2.75) is 32.2 Å². The van der Waals surface area contributed by atoms with Gasteiger partial charge in [-0.1, -0.05) is 48.9 Å². The third-order valence-electron chi connectivity index (χ3n) is 3.82. The second kappa shape index (κ2) is 6.86. The molecule has 22 heavy (non-hydrogen) atoms. The molecule has 0 fully saturated rings. The molecule has 0 radical (unpaired) electrons. The van der Waals surface area contributed by atoms with Crippen molar-refractivity contribution < 1.29 is 0 Å². The van der Waals surface area contributed by atoms with E-state index in [1.807, 2.05) is 48.6 Å². The second-order valence-corrected chi connectivity index (χ2v) is 5.36. The molecule has 1 aliphatic heterocycles. The Kier molecular flexibility index (Phi) is 4.45. The van der Waals surface area contributed by atoms with Crippen molar-refractivity contribution in [3.63, 3.8) is 0 Å². The quantitative estimate of drug-likeness (QED) is 0.640. The Labute approximate surface area is 130 Å². The van der Waals surface area contributed by atoms with E-state index in [0.717, 1.165) is 37.2 Å². The molecular weight excluding hydrogens is 272 g/mol. The van der Waals surface area contributed by atoms with Gasteiger partial charge in [-0.3, -0.25) is 0 Å². The van der Waals surface area contributed by atoms with Crippen molar-refractivity contribution in [2.75, 3.05) is 0 Å². The molecular formula is C18H18N4. The number of aromatic nitrogens is 3. The van der Waals surface area contributed by atoms with Gasteiger partial charge in [-0.25, -0.2) is 0 Å². The number of rotatable bonds is 3. The van der Waals surface area contributed by atoms with Crippen LogP contribution in [-0.4, -0.2) is 14.8 Å². The van der Waals surface area contributed by atoms with Gasteiger partial charge in [0.1, 0.15) is 11.9 Å². The van der Waals surface area contributed by atoms with Gasteiger partial charge in [-0.15, -0.1) is 10.2 Å². The smallest absolute Gasteiger partial charge is 0.174 e. The van der Waals surface area contributed by atoms with Gasteiger partial charge in [0, 0.05) is 13.0 Å². The summed E-state index contributed by atoms with van der Waals surface area (Å²) in [4.78, 5) is 0. The van der Waals surface area contributed by atoms with E-state index in [1.54, 1.807) is 0 Å². The molecule has 1 aromatic heterocycles. The summed E-state index contributed by atoms with van der Waals surface area (Å²) in [6, 6.07) is 12.3. The SMILES string of the molecule is N#C/C(=C\C=C\c1ccccc1)c1nnc2n1CCCCC2. The second-order valence-electron chi connectivity index (χ2n) is 5.36. The van der Waals surface area contributed by atoms with Crippen molar-refractivity contribution in [3.8, 4) is 6.07 Å². The number of hydrogen-bond acceptors (Lipinski definition) is 3. The van der Waals surface area contributed by atoms with Gasteiger partial charge in [-0.2, -0.15) is 5.26 Å². The zero-order valence-electron chi connectivity index (χ0n) is 12.4. The fraction of sp³-hybridized carbons (Fsp3) is 0.278. The number of nitriles is 1. The molecule has 3 rings (SSSR count). The number of nitrogens with zero attached hydrogens (tertiary/aromatic N) is 4. The minimum atomic E-state index is 0.563. The van der Waals surface area contributed by atoms with Gasteiger partial charge in [-0.05, 0) is 24.5 Å². The van der Waals surface area contributed by atoms with E-state index in [2.05, 4.69) is 20.8 Å². The summed E-state index contributed by atoms with van der Waals surface area (Å²) in [6.45, 7) is 0.902. The van der Waals surface area contributed by atoms with Crippen LogP contribution in [0.2, 0.25) is 0 Å². The molecule has 4 nitrogen and oxygen atoms in total. The van der Waals surface area contributed by atoms with Crippen LogP contribution in [0.3, 0.4) is 0 Å². The molecule has 0 saturated heterocycles. The Morgan fingerprint density at radius 1 is 1.14 bits per heavy atom. The molecule has 2 aromatic rings. The highest BCUT2D eigenvalue weighted by Crippen LogP contribution is 2.19. The molecule has 1 aliphatic rings. The zero-order chi connectivity index (χ0) is 15.2. The van der Waals surface area contributed by atoms with E-state index < -0.39 is 0 Å². The fourth-order valence-corrected chi connectivity index (χ4v) is 2.67. The van der Waals surface area contributed by atoms with E-state index in [4.69, 9.17) is 0 Å². The molecule has 0 N–H and O–H groups in total. The Morgan fingerprint density at radius 3 is 2.82 bits per heavy atom. The van der Waals surface area contributed by atoms with Crippen LogP contribution < -0.4 is 0 Å². The predicted molar refractivity (Wildman–Crippen MR) is 86.6 cm³/mol. The largest absolute Gasteiger partial charge is 0.310 e. The standard InChI is InChI=1S/C18H18N4/c19-14-16(11-7-10-15-8-3-1-4-9-15)18-21-20-17-12-5-2-6-13-22(17)18/h1,3-4,7-11H,2,5-6,12-13H2/b10-7+,16-11+. The van der Waals surface area contributed by atoms with Gasteiger partial charge < -0.3 is 4.57 Å². The Balaban J connectivity index is 1.86. The van der Waals surface area contributed by atoms with Crippen LogP contribution in [0.25, 0.3) is 11.6 Å². The molecule has 0 saturated carbocycles. The van der Waals surface area contributed by atoms with Gasteiger partial charge in [0.25, 0.3) is 0 Å². The molecule has 110 valence electrons. The van der Waals surface area contributed by atoms with Gasteiger partial charge >= 0.3 is 0 Å². The minimum absolute atomic E-state index is 0.563. The Hall–Kier alpha value is -2.67. The summed E-state index contributed by atoms with van der Waals surface area (Å²) >= 11 is 0. The molecule has 2 heterocycles. The first-order valence-electron chi connectivity index (χ1n) is 7.64. The maximum Gasteiger partial charge on any atom is 0.174 e. The van der Waals surface area contributed by atoms with Gasteiger partial charge in [0.15, 0.2) is 5.82 Å². The lowest BCUT2D eigenvalue weighted by molar-refractivity contribution is 0.627. The molecule has 0 atom stereocenters. The van der Waals surface area contributed by atoms with Crippen LogP contribution in [0.15, 0.2) is 42.5 Å². The minimum Gasteiger partial charge on any atom is -0.310 e. The summed E-state index contributed by atoms with van der Waals surface area (Å²) in [5.41, 5.74) is 1.67. The summed E-state index contributed by atoms with van der Waals surface area (Å²) in [6.07, 6.45) is 10.1. The number of benzene rings is 1. The zero-order valence-corrected chi connectivity index (χ0v) is 12.4. The maximum absolute atomic E-state index is 9.43. The normalized spacial score (nSPS) is 15.3. The van der Waals surface area contributed by atoms with Crippen LogP contribution >= 0.6 is 0 Å². The third kappa shape index (κ3) is 3.15. The summed E-state index contributed by atoms with van der Waals surface area (Å²) in [7, 11) is 0. The van der Waals surface area contributed by atoms with E-state index in [0.29, 0.717) is 11.4 Å². The van der Waals surface area contributed by atoms with Crippen molar-refractivity contribution in [1.29, 1.82) is 5.26 Å². The Morgan fingerprint density at radius 2 is 2.00 bits per heavy atom. The van der Waals surface area contributed by atoms with Crippen LogP contribution in [-0.2, 0) is 13.0 Å². The third-order valence-corrected chi connectivity index (χ3v) is 3.82. The highest BCUT2D eigenvalue weighted by molar-refractivity contribution is 5.75. The van der Waals surface area contributed by atoms with Crippen molar-refractivity contribution in [1.82, 2.24) is 14.8 Å². The van der Waals surface area contributed by atoms with Crippen LogP contribution in [0.4, 0.5) is 0 Å². The van der Waals surface area contributed by atoms with Gasteiger partial charge in [0.2, 0.25) is 0 Å². The van der Waals surface area contributed by atoms with Crippen molar-refractivity contribution in [2.24, 2.45) is 0 Å². The highest BCUT2D eigenvalue weighted by Gasteiger charge is 2.16. The monoisotopic (exact) mass is 290 g/mol. The molecule has 0 unspecified atom stereocenters. The average molecular weight is 290 g/mol. The highest BCUT2D eigenvalue weighted by atomic mass is 15.3. The predicted octanol–water partition coefficient (Wildman–Crippen LogP) is 3.62. The number of allylic oxidation sites excluding steroid dienone is 3. The first-order valence-corrected chi connectivity index (χ1v) is 7.64. The fourth-order valence-electron chi connectivity index (χ4n) is 2.67. The van der Waals surface area contributed by atoms with E-state index >= 15 is 0 Å². The van der Waals surface area contributed by atoms with E-state index in [9.17, 15) is 5.26 Å². The molecule has 0 spiro atoms.